The fourth-order valence-corrected chi connectivity index (χ4v) is 2.46. The Morgan fingerprint density at radius 2 is 1.52 bits per heavy atom. The number of hydrogen-bond donors (Lipinski definition) is 1. The number of aliphatic carboxylic acids is 1. The van der Waals surface area contributed by atoms with E-state index in [1.807, 2.05) is 24.3 Å². The number of carbonyl (C=O) groups is 1. The molecular formula is C24H32O3. The molecule has 0 spiro atoms. The van der Waals surface area contributed by atoms with Crippen LogP contribution in [-0.2, 0) is 4.79 Å². The first-order chi connectivity index (χ1) is 12.9. The molecule has 0 atom stereocenters. The van der Waals surface area contributed by atoms with Crippen LogP contribution in [0.5, 0.6) is 5.75 Å². The van der Waals surface area contributed by atoms with Gasteiger partial charge in [-0.15, -0.1) is 0 Å². The molecule has 0 saturated heterocycles. The zero-order valence-electron chi connectivity index (χ0n) is 17.0. The molecule has 0 bridgehead atoms. The van der Waals surface area contributed by atoms with E-state index in [2.05, 4.69) is 45.9 Å². The summed E-state index contributed by atoms with van der Waals surface area (Å²) in [4.78, 5) is 10.5. The third kappa shape index (κ3) is 11.6. The second-order valence-electron chi connectivity index (χ2n) is 7.01. The van der Waals surface area contributed by atoms with Crippen molar-refractivity contribution in [2.24, 2.45) is 0 Å². The Bertz CT molecular complexity index is 700. The van der Waals surface area contributed by atoms with E-state index in [9.17, 15) is 4.79 Å². The first kappa shape index (κ1) is 22.5. The second-order valence-corrected chi connectivity index (χ2v) is 7.01. The first-order valence-electron chi connectivity index (χ1n) is 9.45. The van der Waals surface area contributed by atoms with Gasteiger partial charge in [-0.2, -0.15) is 0 Å². The molecule has 0 heterocycles. The molecule has 0 aromatic heterocycles. The molecule has 0 aliphatic carbocycles. The van der Waals surface area contributed by atoms with Gasteiger partial charge in [-0.25, -0.2) is 4.79 Å². The first-order valence-corrected chi connectivity index (χ1v) is 9.45. The van der Waals surface area contributed by atoms with E-state index in [-0.39, 0.29) is 0 Å². The van der Waals surface area contributed by atoms with Crippen molar-refractivity contribution in [3.05, 3.63) is 70.9 Å². The van der Waals surface area contributed by atoms with Crippen LogP contribution in [-0.4, -0.2) is 17.7 Å². The van der Waals surface area contributed by atoms with Crippen molar-refractivity contribution in [1.29, 1.82) is 0 Å². The van der Waals surface area contributed by atoms with Gasteiger partial charge in [0.15, 0.2) is 0 Å². The highest BCUT2D eigenvalue weighted by molar-refractivity contribution is 5.85. The highest BCUT2D eigenvalue weighted by atomic mass is 16.5. The average molecular weight is 369 g/mol. The summed E-state index contributed by atoms with van der Waals surface area (Å²) in [5.41, 5.74) is 4.99. The van der Waals surface area contributed by atoms with E-state index < -0.39 is 5.97 Å². The quantitative estimate of drug-likeness (QED) is 0.354. The minimum atomic E-state index is -0.950. The van der Waals surface area contributed by atoms with Crippen molar-refractivity contribution in [3.8, 4) is 5.75 Å². The number of carboxylic acids is 1. The molecule has 0 radical (unpaired) electrons. The lowest BCUT2D eigenvalue weighted by Gasteiger charge is -2.05. The summed E-state index contributed by atoms with van der Waals surface area (Å²) in [6.45, 7) is 9.16. The number of carboxylic acid groups (broad SMARTS) is 1. The molecule has 3 heteroatoms. The molecule has 0 aliphatic heterocycles. The van der Waals surface area contributed by atoms with Crippen molar-refractivity contribution in [2.75, 3.05) is 6.61 Å². The predicted octanol–water partition coefficient (Wildman–Crippen LogP) is 6.58. The Balaban J connectivity index is 2.34. The third-order valence-electron chi connectivity index (χ3n) is 4.10. The van der Waals surface area contributed by atoms with Crippen LogP contribution >= 0.6 is 0 Å². The molecular weight excluding hydrogens is 336 g/mol. The summed E-state index contributed by atoms with van der Waals surface area (Å²) in [7, 11) is 0. The summed E-state index contributed by atoms with van der Waals surface area (Å²) < 4.78 is 5.72. The van der Waals surface area contributed by atoms with Crippen LogP contribution in [0.1, 0.15) is 58.9 Å². The number of ether oxygens (including phenoxy) is 1. The maximum absolute atomic E-state index is 10.5. The van der Waals surface area contributed by atoms with Crippen molar-refractivity contribution in [3.63, 3.8) is 0 Å². The third-order valence-corrected chi connectivity index (χ3v) is 4.10. The smallest absolute Gasteiger partial charge is 0.328 e. The van der Waals surface area contributed by atoms with Crippen LogP contribution in [0.2, 0.25) is 0 Å². The Hall–Kier alpha value is -2.55. The molecule has 0 fully saturated rings. The van der Waals surface area contributed by atoms with Crippen LogP contribution in [0.3, 0.4) is 0 Å². The number of rotatable bonds is 11. The summed E-state index contributed by atoms with van der Waals surface area (Å²) in [5, 5.41) is 8.62. The van der Waals surface area contributed by atoms with E-state index in [0.717, 1.165) is 43.1 Å². The van der Waals surface area contributed by atoms with Crippen LogP contribution in [0, 0.1) is 0 Å². The fraction of sp³-hybridized carbons (Fsp3) is 0.375. The van der Waals surface area contributed by atoms with Gasteiger partial charge in [0.2, 0.25) is 0 Å². The molecule has 1 aromatic carbocycles. The molecule has 0 aliphatic rings. The molecule has 0 unspecified atom stereocenters. The molecule has 1 N–H and O–H groups in total. The lowest BCUT2D eigenvalue weighted by atomic mass is 10.1. The van der Waals surface area contributed by atoms with Gasteiger partial charge in [0.1, 0.15) is 12.4 Å². The zero-order valence-corrected chi connectivity index (χ0v) is 17.0. The van der Waals surface area contributed by atoms with E-state index in [1.54, 1.807) is 6.08 Å². The van der Waals surface area contributed by atoms with Gasteiger partial charge < -0.3 is 9.84 Å². The molecule has 0 amide bonds. The minimum Gasteiger partial charge on any atom is -0.490 e. The molecule has 27 heavy (non-hydrogen) atoms. The Labute approximate surface area is 163 Å². The summed E-state index contributed by atoms with van der Waals surface area (Å²) >= 11 is 0. The van der Waals surface area contributed by atoms with Gasteiger partial charge in [-0.1, -0.05) is 41.0 Å². The highest BCUT2D eigenvalue weighted by Gasteiger charge is 1.95. The van der Waals surface area contributed by atoms with Crippen molar-refractivity contribution < 1.29 is 14.6 Å². The lowest BCUT2D eigenvalue weighted by molar-refractivity contribution is -0.131. The Kier molecular flexibility index (Phi) is 10.6. The highest BCUT2D eigenvalue weighted by Crippen LogP contribution is 2.14. The number of allylic oxidation sites excluding steroid dienone is 5. The van der Waals surface area contributed by atoms with Gasteiger partial charge in [-0.05, 0) is 83.2 Å². The van der Waals surface area contributed by atoms with Gasteiger partial charge in [0.05, 0.1) is 0 Å². The number of hydrogen-bond acceptors (Lipinski definition) is 2. The van der Waals surface area contributed by atoms with Crippen molar-refractivity contribution >= 4 is 12.0 Å². The van der Waals surface area contributed by atoms with Gasteiger partial charge in [0, 0.05) is 6.08 Å². The summed E-state index contributed by atoms with van der Waals surface area (Å²) in [6, 6.07) is 7.38. The molecule has 3 nitrogen and oxygen atoms in total. The molecule has 146 valence electrons. The van der Waals surface area contributed by atoms with Crippen LogP contribution < -0.4 is 4.74 Å². The largest absolute Gasteiger partial charge is 0.490 e. The Morgan fingerprint density at radius 1 is 0.926 bits per heavy atom. The Morgan fingerprint density at radius 3 is 2.11 bits per heavy atom. The van der Waals surface area contributed by atoms with E-state index >= 15 is 0 Å². The summed E-state index contributed by atoms with van der Waals surface area (Å²) in [5.74, 6) is -0.171. The molecule has 1 rings (SSSR count). The average Bonchev–Trinajstić information content (AvgIpc) is 2.60. The van der Waals surface area contributed by atoms with Crippen LogP contribution in [0.15, 0.2) is 65.3 Å². The summed E-state index contributed by atoms with van der Waals surface area (Å²) in [6.07, 6.45) is 13.8. The van der Waals surface area contributed by atoms with E-state index in [1.165, 1.54) is 16.7 Å². The normalized spacial score (nSPS) is 12.3. The monoisotopic (exact) mass is 368 g/mol. The van der Waals surface area contributed by atoms with Crippen molar-refractivity contribution in [1.82, 2.24) is 0 Å². The predicted molar refractivity (Wildman–Crippen MR) is 114 cm³/mol. The number of benzene rings is 1. The lowest BCUT2D eigenvalue weighted by Crippen LogP contribution is -1.94. The van der Waals surface area contributed by atoms with Gasteiger partial charge in [0.25, 0.3) is 0 Å². The maximum Gasteiger partial charge on any atom is 0.328 e. The van der Waals surface area contributed by atoms with E-state index in [0.29, 0.717) is 6.61 Å². The van der Waals surface area contributed by atoms with Gasteiger partial charge >= 0.3 is 5.97 Å². The minimum absolute atomic E-state index is 0.541. The molecule has 0 saturated carbocycles. The maximum atomic E-state index is 10.5. The van der Waals surface area contributed by atoms with Crippen molar-refractivity contribution in [2.45, 2.75) is 53.4 Å². The topological polar surface area (TPSA) is 46.5 Å². The van der Waals surface area contributed by atoms with Crippen LogP contribution in [0.25, 0.3) is 6.08 Å². The molecule has 1 aromatic rings. The SMILES string of the molecule is CC(C)=CCCC(C)=CCCC(C)=CCOc1ccc(C=CC(=O)O)cc1. The standard InChI is InChI=1S/C24H32O3/c1-19(2)7-5-8-20(3)9-6-10-21(4)17-18-27-23-14-11-22(12-15-23)13-16-24(25)26/h7,9,11-17H,5-6,8,10,18H2,1-4H3,(H,25,26). The van der Waals surface area contributed by atoms with E-state index in [4.69, 9.17) is 9.84 Å². The fourth-order valence-electron chi connectivity index (χ4n) is 2.46. The zero-order chi connectivity index (χ0) is 20.1. The van der Waals surface area contributed by atoms with Gasteiger partial charge in [-0.3, -0.25) is 0 Å². The second kappa shape index (κ2) is 12.7. The van der Waals surface area contributed by atoms with Crippen LogP contribution in [0.4, 0.5) is 0 Å².